The monoisotopic (exact) mass is 397 g/mol. The number of carbonyl (C=O) groups excluding carboxylic acids is 1. The van der Waals surface area contributed by atoms with Crippen LogP contribution in [0.15, 0.2) is 36.4 Å². The van der Waals surface area contributed by atoms with Gasteiger partial charge in [0.05, 0.1) is 5.75 Å². The highest BCUT2D eigenvalue weighted by molar-refractivity contribution is 7.85. The highest BCUT2D eigenvalue weighted by Gasteiger charge is 2.23. The van der Waals surface area contributed by atoms with E-state index in [9.17, 15) is 13.4 Å². The maximum absolute atomic E-state index is 13.8. The zero-order chi connectivity index (χ0) is 18.7. The van der Waals surface area contributed by atoms with Crippen molar-refractivity contribution in [3.05, 3.63) is 52.8 Å². The molecule has 138 valence electrons. The van der Waals surface area contributed by atoms with Crippen molar-refractivity contribution in [3.8, 4) is 11.5 Å². The summed E-state index contributed by atoms with van der Waals surface area (Å²) in [5.74, 6) is 0.0418. The van der Waals surface area contributed by atoms with Gasteiger partial charge in [0.25, 0.3) is 0 Å². The smallest absolute Gasteiger partial charge is 0.239 e. The lowest BCUT2D eigenvalue weighted by Crippen LogP contribution is -2.30. The van der Waals surface area contributed by atoms with Crippen molar-refractivity contribution in [2.24, 2.45) is 0 Å². The molecule has 8 heteroatoms. The molecular weight excluding hydrogens is 381 g/mol. The summed E-state index contributed by atoms with van der Waals surface area (Å²) in [4.78, 5) is 12.4. The summed E-state index contributed by atoms with van der Waals surface area (Å²) >= 11 is 5.95. The van der Waals surface area contributed by atoms with Crippen molar-refractivity contribution >= 4 is 34.0 Å². The van der Waals surface area contributed by atoms with Gasteiger partial charge in [0.2, 0.25) is 5.91 Å². The lowest BCUT2D eigenvalue weighted by molar-refractivity contribution is -0.115. The molecule has 0 aromatic heterocycles. The highest BCUT2D eigenvalue weighted by Crippen LogP contribution is 2.32. The number of carbonyl (C=O) groups is 1. The third kappa shape index (κ3) is 4.16. The summed E-state index contributed by atoms with van der Waals surface area (Å²) in [5, 5.41) is 2.04. The predicted molar refractivity (Wildman–Crippen MR) is 98.8 cm³/mol. The molecular formula is C18H17ClFNO4S. The van der Waals surface area contributed by atoms with Crippen molar-refractivity contribution in [3.63, 3.8) is 0 Å². The van der Waals surface area contributed by atoms with Gasteiger partial charge in [-0.3, -0.25) is 9.00 Å². The number of amides is 1. The van der Waals surface area contributed by atoms with Crippen LogP contribution in [0.1, 0.15) is 12.5 Å². The summed E-state index contributed by atoms with van der Waals surface area (Å²) < 4.78 is 37.2. The number of benzene rings is 2. The quantitative estimate of drug-likeness (QED) is 0.838. The van der Waals surface area contributed by atoms with Crippen LogP contribution < -0.4 is 14.8 Å². The Hall–Kier alpha value is -2.12. The number of anilines is 1. The fourth-order valence-electron chi connectivity index (χ4n) is 2.42. The van der Waals surface area contributed by atoms with Crippen molar-refractivity contribution in [1.29, 1.82) is 0 Å². The zero-order valence-corrected chi connectivity index (χ0v) is 15.5. The van der Waals surface area contributed by atoms with Crippen molar-refractivity contribution in [1.82, 2.24) is 0 Å². The number of hydrogen-bond donors (Lipinski definition) is 1. The molecule has 2 unspecified atom stereocenters. The lowest BCUT2D eigenvalue weighted by atomic mass is 10.2. The largest absolute Gasteiger partial charge is 0.486 e. The third-order valence-corrected chi connectivity index (χ3v) is 5.85. The summed E-state index contributed by atoms with van der Waals surface area (Å²) in [7, 11) is -1.63. The molecule has 1 amide bonds. The van der Waals surface area contributed by atoms with Crippen LogP contribution in [0.25, 0.3) is 0 Å². The van der Waals surface area contributed by atoms with Gasteiger partial charge in [-0.25, -0.2) is 4.39 Å². The topological polar surface area (TPSA) is 64.6 Å². The summed E-state index contributed by atoms with van der Waals surface area (Å²) in [5.41, 5.74) is 0.651. The maximum Gasteiger partial charge on any atom is 0.239 e. The van der Waals surface area contributed by atoms with Gasteiger partial charge in [-0.15, -0.1) is 0 Å². The number of fused-ring (bicyclic) bond motifs is 1. The van der Waals surface area contributed by atoms with Crippen LogP contribution in [0.2, 0.25) is 5.02 Å². The van der Waals surface area contributed by atoms with Crippen LogP contribution in [-0.2, 0) is 21.3 Å². The second-order valence-electron chi connectivity index (χ2n) is 5.72. The minimum Gasteiger partial charge on any atom is -0.486 e. The molecule has 0 aliphatic carbocycles. The van der Waals surface area contributed by atoms with E-state index in [1.54, 1.807) is 18.2 Å². The Labute approximate surface area is 157 Å². The lowest BCUT2D eigenvalue weighted by Gasteiger charge is -2.19. The molecule has 2 aromatic rings. The first kappa shape index (κ1) is 18.7. The van der Waals surface area contributed by atoms with Crippen molar-refractivity contribution in [2.45, 2.75) is 17.9 Å². The van der Waals surface area contributed by atoms with E-state index in [0.29, 0.717) is 30.4 Å². The Kier molecular flexibility index (Phi) is 5.78. The molecule has 1 aliphatic rings. The second kappa shape index (κ2) is 8.05. The van der Waals surface area contributed by atoms with Gasteiger partial charge in [-0.05, 0) is 31.2 Å². The molecule has 2 aromatic carbocycles. The fraction of sp³-hybridized carbons (Fsp3) is 0.278. The molecule has 0 saturated heterocycles. The Morgan fingerprint density at radius 3 is 2.73 bits per heavy atom. The standard InChI is InChI=1S/C18H17ClFNO4S/c1-11(26(23)10-13-14(19)3-2-4-15(13)20)18(22)21-12-5-6-16-17(9-12)25-8-7-24-16/h2-6,9,11H,7-8,10H2,1H3,(H,21,22). The fourth-order valence-corrected chi connectivity index (χ4v) is 3.86. The van der Waals surface area contributed by atoms with Gasteiger partial charge in [-0.2, -0.15) is 0 Å². The van der Waals surface area contributed by atoms with Crippen molar-refractivity contribution < 1.29 is 22.9 Å². The van der Waals surface area contributed by atoms with E-state index in [-0.39, 0.29) is 16.3 Å². The molecule has 1 aliphatic heterocycles. The summed E-state index contributed by atoms with van der Waals surface area (Å²) in [6, 6.07) is 9.27. The Bertz CT molecular complexity index is 841. The predicted octanol–water partition coefficient (Wildman–Crippen LogP) is 3.53. The maximum atomic E-state index is 13.8. The highest BCUT2D eigenvalue weighted by atomic mass is 35.5. The molecule has 3 rings (SSSR count). The number of hydrogen-bond acceptors (Lipinski definition) is 4. The normalized spacial score (nSPS) is 15.2. The molecule has 0 radical (unpaired) electrons. The molecule has 1 heterocycles. The molecule has 26 heavy (non-hydrogen) atoms. The van der Waals surface area contributed by atoms with Crippen LogP contribution in [0.4, 0.5) is 10.1 Å². The zero-order valence-electron chi connectivity index (χ0n) is 14.0. The Balaban J connectivity index is 1.66. The summed E-state index contributed by atoms with van der Waals surface area (Å²) in [6.07, 6.45) is 0. The molecule has 0 spiro atoms. The minimum atomic E-state index is -1.63. The Morgan fingerprint density at radius 1 is 1.27 bits per heavy atom. The number of nitrogens with one attached hydrogen (secondary N) is 1. The SMILES string of the molecule is CC(C(=O)Nc1ccc2c(c1)OCCO2)S(=O)Cc1c(F)cccc1Cl. The minimum absolute atomic E-state index is 0.138. The second-order valence-corrected chi connectivity index (χ2v) is 7.88. The van der Waals surface area contributed by atoms with Gasteiger partial charge in [0.1, 0.15) is 24.3 Å². The van der Waals surface area contributed by atoms with Crippen LogP contribution in [0.5, 0.6) is 11.5 Å². The summed E-state index contributed by atoms with van der Waals surface area (Å²) in [6.45, 7) is 2.44. The van der Waals surface area contributed by atoms with E-state index in [2.05, 4.69) is 5.32 Å². The first-order chi connectivity index (χ1) is 12.5. The molecule has 2 atom stereocenters. The third-order valence-electron chi connectivity index (χ3n) is 3.92. The molecule has 0 bridgehead atoms. The average molecular weight is 398 g/mol. The van der Waals surface area contributed by atoms with E-state index in [4.69, 9.17) is 21.1 Å². The van der Waals surface area contributed by atoms with Crippen molar-refractivity contribution in [2.75, 3.05) is 18.5 Å². The van der Waals surface area contributed by atoms with Crippen LogP contribution in [0, 0.1) is 5.82 Å². The van der Waals surface area contributed by atoms with Gasteiger partial charge in [0, 0.05) is 33.1 Å². The molecule has 0 fully saturated rings. The number of halogens is 2. The average Bonchev–Trinajstić information content (AvgIpc) is 2.64. The van der Waals surface area contributed by atoms with Crippen LogP contribution in [-0.4, -0.2) is 28.6 Å². The van der Waals surface area contributed by atoms with E-state index in [1.165, 1.54) is 25.1 Å². The molecule has 1 N–H and O–H groups in total. The first-order valence-electron chi connectivity index (χ1n) is 7.96. The van der Waals surface area contributed by atoms with Crippen LogP contribution in [0.3, 0.4) is 0 Å². The molecule has 5 nitrogen and oxygen atoms in total. The van der Waals surface area contributed by atoms with Crippen LogP contribution >= 0.6 is 11.6 Å². The van der Waals surface area contributed by atoms with Gasteiger partial charge in [-0.1, -0.05) is 17.7 Å². The van der Waals surface area contributed by atoms with E-state index < -0.39 is 27.8 Å². The van der Waals surface area contributed by atoms with Gasteiger partial charge < -0.3 is 14.8 Å². The van der Waals surface area contributed by atoms with Gasteiger partial charge >= 0.3 is 0 Å². The molecule has 0 saturated carbocycles. The number of rotatable bonds is 5. The van der Waals surface area contributed by atoms with E-state index in [1.807, 2.05) is 0 Å². The van der Waals surface area contributed by atoms with E-state index >= 15 is 0 Å². The van der Waals surface area contributed by atoms with Gasteiger partial charge in [0.15, 0.2) is 11.5 Å². The van der Waals surface area contributed by atoms with E-state index in [0.717, 1.165) is 0 Å². The number of ether oxygens (including phenoxy) is 2. The Morgan fingerprint density at radius 2 is 2.00 bits per heavy atom. The first-order valence-corrected chi connectivity index (χ1v) is 9.72.